The second kappa shape index (κ2) is 6.93. The zero-order chi connectivity index (χ0) is 18.8. The number of aromatic amines is 1. The van der Waals surface area contributed by atoms with Crippen LogP contribution < -0.4 is 14.2 Å². The molecule has 136 valence electrons. The number of methoxy groups -OCH3 is 3. The quantitative estimate of drug-likeness (QED) is 0.620. The summed E-state index contributed by atoms with van der Waals surface area (Å²) in [5, 5.41) is 18.8. The second-order valence-electron chi connectivity index (χ2n) is 5.45. The molecule has 0 radical (unpaired) electrons. The molecule has 1 heterocycles. The minimum atomic E-state index is -1.14. The number of aliphatic hydroxyl groups is 1. The summed E-state index contributed by atoms with van der Waals surface area (Å²) in [5.41, 5.74) is 2.59. The lowest BCUT2D eigenvalue weighted by Gasteiger charge is -2.18. The molecular formula is C18H18N2O6. The van der Waals surface area contributed by atoms with E-state index in [1.807, 2.05) is 0 Å². The third kappa shape index (κ3) is 2.80. The van der Waals surface area contributed by atoms with Gasteiger partial charge in [0, 0.05) is 5.56 Å². The van der Waals surface area contributed by atoms with Gasteiger partial charge in [-0.15, -0.1) is 0 Å². The van der Waals surface area contributed by atoms with E-state index in [1.54, 1.807) is 18.2 Å². The fraction of sp³-hybridized carbons (Fsp3) is 0.222. The fourth-order valence-corrected chi connectivity index (χ4v) is 2.89. The number of ether oxygens (including phenoxy) is 3. The Hall–Kier alpha value is -3.26. The SMILES string of the molecule is COc1c(C(=O)O)cc(-c2ccc3nc(CO)[nH]c3c2)c(OC)c1OC. The van der Waals surface area contributed by atoms with Crippen LogP contribution in [0.1, 0.15) is 16.2 Å². The van der Waals surface area contributed by atoms with Crippen LogP contribution in [-0.2, 0) is 6.61 Å². The Morgan fingerprint density at radius 1 is 1.08 bits per heavy atom. The van der Waals surface area contributed by atoms with Gasteiger partial charge >= 0.3 is 5.97 Å². The molecule has 3 N–H and O–H groups in total. The molecule has 26 heavy (non-hydrogen) atoms. The summed E-state index contributed by atoms with van der Waals surface area (Å²) in [5.74, 6) is -0.0519. The van der Waals surface area contributed by atoms with E-state index in [9.17, 15) is 15.0 Å². The third-order valence-electron chi connectivity index (χ3n) is 4.02. The Morgan fingerprint density at radius 3 is 2.35 bits per heavy atom. The number of rotatable bonds is 6. The number of nitrogens with zero attached hydrogens (tertiary/aromatic N) is 1. The monoisotopic (exact) mass is 358 g/mol. The zero-order valence-electron chi connectivity index (χ0n) is 14.5. The molecule has 0 saturated carbocycles. The lowest BCUT2D eigenvalue weighted by molar-refractivity contribution is 0.0692. The van der Waals surface area contributed by atoms with Crippen molar-refractivity contribution in [2.45, 2.75) is 6.61 Å². The van der Waals surface area contributed by atoms with Crippen molar-refractivity contribution in [2.24, 2.45) is 0 Å². The van der Waals surface area contributed by atoms with Gasteiger partial charge in [0.05, 0.1) is 32.4 Å². The van der Waals surface area contributed by atoms with Crippen LogP contribution in [0.2, 0.25) is 0 Å². The third-order valence-corrected chi connectivity index (χ3v) is 4.02. The first-order chi connectivity index (χ1) is 12.5. The molecule has 0 saturated heterocycles. The van der Waals surface area contributed by atoms with Crippen LogP contribution in [0.15, 0.2) is 24.3 Å². The highest BCUT2D eigenvalue weighted by Crippen LogP contribution is 2.47. The summed E-state index contributed by atoms with van der Waals surface area (Å²) >= 11 is 0. The number of aromatic carboxylic acids is 1. The van der Waals surface area contributed by atoms with Crippen LogP contribution in [-0.4, -0.2) is 47.5 Å². The van der Waals surface area contributed by atoms with Gasteiger partial charge in [0.15, 0.2) is 11.5 Å². The number of aliphatic hydroxyl groups excluding tert-OH is 1. The number of fused-ring (bicyclic) bond motifs is 1. The van der Waals surface area contributed by atoms with E-state index in [2.05, 4.69) is 9.97 Å². The van der Waals surface area contributed by atoms with Crippen LogP contribution >= 0.6 is 0 Å². The van der Waals surface area contributed by atoms with Crippen molar-refractivity contribution in [1.82, 2.24) is 9.97 Å². The lowest BCUT2D eigenvalue weighted by atomic mass is 9.99. The Bertz CT molecular complexity index is 979. The standard InChI is InChI=1S/C18H18N2O6/c1-24-15-10(7-11(18(22)23)16(25-2)17(15)26-3)9-4-5-12-13(6-9)20-14(8-21)19-12/h4-7,21H,8H2,1-3H3,(H,19,20)(H,22,23). The Morgan fingerprint density at radius 2 is 1.77 bits per heavy atom. The summed E-state index contributed by atoms with van der Waals surface area (Å²) in [6.45, 7) is -0.202. The van der Waals surface area contributed by atoms with Gasteiger partial charge in [0.1, 0.15) is 18.0 Å². The van der Waals surface area contributed by atoms with Crippen LogP contribution in [0.3, 0.4) is 0 Å². The molecule has 0 unspecified atom stereocenters. The Labute approximate surface area is 149 Å². The average Bonchev–Trinajstić information content (AvgIpc) is 3.08. The number of imidazole rings is 1. The molecule has 0 fully saturated rings. The minimum absolute atomic E-state index is 0.0408. The van der Waals surface area contributed by atoms with Gasteiger partial charge in [0.2, 0.25) is 5.75 Å². The highest BCUT2D eigenvalue weighted by molar-refractivity contribution is 5.97. The average molecular weight is 358 g/mol. The number of H-pyrrole nitrogens is 1. The van der Waals surface area contributed by atoms with Crippen molar-refractivity contribution >= 4 is 17.0 Å². The highest BCUT2D eigenvalue weighted by Gasteiger charge is 2.25. The molecule has 0 aliphatic carbocycles. The maximum Gasteiger partial charge on any atom is 0.339 e. The van der Waals surface area contributed by atoms with Crippen LogP contribution in [0.5, 0.6) is 17.2 Å². The first kappa shape index (κ1) is 17.6. The normalized spacial score (nSPS) is 10.8. The first-order valence-electron chi connectivity index (χ1n) is 7.70. The molecule has 1 aromatic heterocycles. The van der Waals surface area contributed by atoms with Crippen molar-refractivity contribution in [3.8, 4) is 28.4 Å². The number of hydrogen-bond donors (Lipinski definition) is 3. The second-order valence-corrected chi connectivity index (χ2v) is 5.45. The molecule has 0 aliphatic heterocycles. The van der Waals surface area contributed by atoms with E-state index < -0.39 is 5.97 Å². The van der Waals surface area contributed by atoms with Crippen molar-refractivity contribution in [2.75, 3.05) is 21.3 Å². The van der Waals surface area contributed by atoms with E-state index in [0.29, 0.717) is 33.7 Å². The van der Waals surface area contributed by atoms with Crippen LogP contribution in [0.4, 0.5) is 0 Å². The molecule has 0 bridgehead atoms. The van der Waals surface area contributed by atoms with Crippen LogP contribution in [0.25, 0.3) is 22.2 Å². The lowest BCUT2D eigenvalue weighted by Crippen LogP contribution is -2.05. The molecule has 8 heteroatoms. The number of carboxylic acids is 1. The molecular weight excluding hydrogens is 340 g/mol. The summed E-state index contributed by atoms with van der Waals surface area (Å²) in [6, 6.07) is 6.85. The van der Waals surface area contributed by atoms with Crippen LogP contribution in [0, 0.1) is 0 Å². The summed E-state index contributed by atoms with van der Waals surface area (Å²) in [6.07, 6.45) is 0. The predicted octanol–water partition coefficient (Wildman–Crippen LogP) is 2.45. The van der Waals surface area contributed by atoms with E-state index in [1.165, 1.54) is 27.4 Å². The molecule has 0 atom stereocenters. The van der Waals surface area contributed by atoms with Crippen molar-refractivity contribution in [3.63, 3.8) is 0 Å². The first-order valence-corrected chi connectivity index (χ1v) is 7.70. The van der Waals surface area contributed by atoms with Gasteiger partial charge in [-0.2, -0.15) is 0 Å². The number of carboxylic acid groups (broad SMARTS) is 1. The molecule has 3 rings (SSSR count). The van der Waals surface area contributed by atoms with E-state index in [4.69, 9.17) is 14.2 Å². The number of hydrogen-bond acceptors (Lipinski definition) is 6. The summed E-state index contributed by atoms with van der Waals surface area (Å²) in [4.78, 5) is 18.9. The van der Waals surface area contributed by atoms with Crippen molar-refractivity contribution in [1.29, 1.82) is 0 Å². The van der Waals surface area contributed by atoms with Crippen molar-refractivity contribution < 1.29 is 29.2 Å². The van der Waals surface area contributed by atoms with E-state index in [0.717, 1.165) is 0 Å². The molecule has 0 amide bonds. The predicted molar refractivity (Wildman–Crippen MR) is 94.1 cm³/mol. The number of nitrogens with one attached hydrogen (secondary N) is 1. The van der Waals surface area contributed by atoms with Gasteiger partial charge in [-0.3, -0.25) is 0 Å². The zero-order valence-corrected chi connectivity index (χ0v) is 14.5. The van der Waals surface area contributed by atoms with Gasteiger partial charge in [0.25, 0.3) is 0 Å². The fourth-order valence-electron chi connectivity index (χ4n) is 2.89. The molecule has 2 aromatic carbocycles. The Kier molecular flexibility index (Phi) is 4.68. The number of benzene rings is 2. The smallest absolute Gasteiger partial charge is 0.339 e. The van der Waals surface area contributed by atoms with Gasteiger partial charge in [-0.25, -0.2) is 9.78 Å². The van der Waals surface area contributed by atoms with Gasteiger partial charge < -0.3 is 29.4 Å². The largest absolute Gasteiger partial charge is 0.492 e. The minimum Gasteiger partial charge on any atom is -0.492 e. The molecule has 0 spiro atoms. The van der Waals surface area contributed by atoms with E-state index >= 15 is 0 Å². The maximum absolute atomic E-state index is 11.7. The molecule has 0 aliphatic rings. The number of aromatic nitrogens is 2. The highest BCUT2D eigenvalue weighted by atomic mass is 16.5. The maximum atomic E-state index is 11.7. The topological polar surface area (TPSA) is 114 Å². The van der Waals surface area contributed by atoms with Gasteiger partial charge in [-0.1, -0.05) is 6.07 Å². The Balaban J connectivity index is 2.29. The molecule has 8 nitrogen and oxygen atoms in total. The number of carbonyl (C=O) groups is 1. The van der Waals surface area contributed by atoms with Gasteiger partial charge in [-0.05, 0) is 23.8 Å². The summed E-state index contributed by atoms with van der Waals surface area (Å²) < 4.78 is 16.0. The van der Waals surface area contributed by atoms with Crippen molar-refractivity contribution in [3.05, 3.63) is 35.7 Å². The summed E-state index contributed by atoms with van der Waals surface area (Å²) in [7, 11) is 4.26. The molecule has 3 aromatic rings. The van der Waals surface area contributed by atoms with E-state index in [-0.39, 0.29) is 23.7 Å².